The zero-order valence-electron chi connectivity index (χ0n) is 10.2. The van der Waals surface area contributed by atoms with E-state index in [1.54, 1.807) is 14.1 Å². The molecular formula is C11H19N3O3. The highest BCUT2D eigenvalue weighted by molar-refractivity contribution is 5.85. The van der Waals surface area contributed by atoms with Crippen LogP contribution in [0.3, 0.4) is 0 Å². The molecule has 1 rings (SSSR count). The number of primary amides is 1. The maximum Gasteiger partial charge on any atom is 0.222 e. The molecule has 0 bridgehead atoms. The highest BCUT2D eigenvalue weighted by Crippen LogP contribution is 2.33. The Balaban J connectivity index is 2.79. The molecule has 0 heterocycles. The largest absolute Gasteiger partial charge is 0.369 e. The maximum absolute atomic E-state index is 11.6. The third kappa shape index (κ3) is 3.18. The van der Waals surface area contributed by atoms with Gasteiger partial charge in [-0.1, -0.05) is 0 Å². The van der Waals surface area contributed by atoms with Gasteiger partial charge in [0.05, 0.1) is 0 Å². The minimum Gasteiger partial charge on any atom is -0.369 e. The molecule has 1 fully saturated rings. The van der Waals surface area contributed by atoms with Crippen molar-refractivity contribution in [2.24, 2.45) is 23.5 Å². The van der Waals surface area contributed by atoms with Gasteiger partial charge in [-0.3, -0.25) is 14.4 Å². The zero-order valence-corrected chi connectivity index (χ0v) is 10.2. The second-order valence-corrected chi connectivity index (χ2v) is 4.43. The van der Waals surface area contributed by atoms with Crippen LogP contribution < -0.4 is 16.4 Å². The minimum absolute atomic E-state index is 0.134. The van der Waals surface area contributed by atoms with Crippen molar-refractivity contribution >= 4 is 17.7 Å². The Kier molecular flexibility index (Phi) is 4.48. The molecule has 0 aromatic rings. The molecule has 1 unspecified atom stereocenters. The Morgan fingerprint density at radius 2 is 1.24 bits per heavy atom. The van der Waals surface area contributed by atoms with Crippen molar-refractivity contribution in [1.29, 1.82) is 0 Å². The lowest BCUT2D eigenvalue weighted by Gasteiger charge is -2.31. The summed E-state index contributed by atoms with van der Waals surface area (Å²) in [5, 5.41) is 5.10. The summed E-state index contributed by atoms with van der Waals surface area (Å²) in [6.07, 6.45) is 1.34. The monoisotopic (exact) mass is 241 g/mol. The summed E-state index contributed by atoms with van der Waals surface area (Å²) < 4.78 is 0. The molecule has 1 aliphatic rings. The van der Waals surface area contributed by atoms with Crippen LogP contribution in [0.5, 0.6) is 0 Å². The Labute approximate surface area is 100 Å². The molecule has 96 valence electrons. The van der Waals surface area contributed by atoms with E-state index in [2.05, 4.69) is 10.6 Å². The number of rotatable bonds is 3. The van der Waals surface area contributed by atoms with E-state index in [1.807, 2.05) is 0 Å². The van der Waals surface area contributed by atoms with Crippen LogP contribution in [0.25, 0.3) is 0 Å². The summed E-state index contributed by atoms with van der Waals surface area (Å²) in [6.45, 7) is 0. The van der Waals surface area contributed by atoms with E-state index in [-0.39, 0.29) is 23.7 Å². The molecule has 3 atom stereocenters. The van der Waals surface area contributed by atoms with Crippen LogP contribution in [0, 0.1) is 17.8 Å². The SMILES string of the molecule is CNC(=O)[C@@H]1CC(C(N)=O)C[C@H](C(=O)NC)C1. The minimum atomic E-state index is -0.437. The second-order valence-electron chi connectivity index (χ2n) is 4.43. The summed E-state index contributed by atoms with van der Waals surface area (Å²) in [5.41, 5.74) is 5.27. The molecule has 0 saturated heterocycles. The topological polar surface area (TPSA) is 101 Å². The number of hydrogen-bond acceptors (Lipinski definition) is 3. The van der Waals surface area contributed by atoms with E-state index < -0.39 is 11.8 Å². The van der Waals surface area contributed by atoms with E-state index >= 15 is 0 Å². The summed E-state index contributed by atoms with van der Waals surface area (Å²) in [6, 6.07) is 0. The lowest BCUT2D eigenvalue weighted by molar-refractivity contribution is -0.133. The Bertz CT molecular complexity index is 306. The number of carbonyl (C=O) groups excluding carboxylic acids is 3. The molecule has 1 saturated carbocycles. The molecular weight excluding hydrogens is 222 g/mol. The first-order valence-corrected chi connectivity index (χ1v) is 5.72. The van der Waals surface area contributed by atoms with Gasteiger partial charge < -0.3 is 16.4 Å². The van der Waals surface area contributed by atoms with Gasteiger partial charge in [-0.05, 0) is 19.3 Å². The van der Waals surface area contributed by atoms with Crippen molar-refractivity contribution in [3.63, 3.8) is 0 Å². The first-order valence-electron chi connectivity index (χ1n) is 5.72. The molecule has 0 aliphatic heterocycles. The lowest BCUT2D eigenvalue weighted by Crippen LogP contribution is -2.42. The van der Waals surface area contributed by atoms with Gasteiger partial charge in [0, 0.05) is 31.8 Å². The fourth-order valence-electron chi connectivity index (χ4n) is 2.39. The van der Waals surface area contributed by atoms with E-state index in [9.17, 15) is 14.4 Å². The normalized spacial score (nSPS) is 28.2. The van der Waals surface area contributed by atoms with Gasteiger partial charge in [0.25, 0.3) is 0 Å². The summed E-state index contributed by atoms with van der Waals surface area (Å²) in [5.74, 6) is -1.72. The number of carbonyl (C=O) groups is 3. The van der Waals surface area contributed by atoms with Gasteiger partial charge in [-0.15, -0.1) is 0 Å². The van der Waals surface area contributed by atoms with Crippen LogP contribution in [-0.2, 0) is 14.4 Å². The van der Waals surface area contributed by atoms with Crippen molar-refractivity contribution in [2.45, 2.75) is 19.3 Å². The Hall–Kier alpha value is -1.59. The van der Waals surface area contributed by atoms with Crippen LogP contribution in [0.4, 0.5) is 0 Å². The van der Waals surface area contributed by atoms with E-state index in [4.69, 9.17) is 5.73 Å². The second kappa shape index (κ2) is 5.65. The molecule has 0 aromatic heterocycles. The molecule has 0 radical (unpaired) electrons. The van der Waals surface area contributed by atoms with E-state index in [1.165, 1.54) is 0 Å². The van der Waals surface area contributed by atoms with Crippen LogP contribution >= 0.6 is 0 Å². The van der Waals surface area contributed by atoms with Crippen molar-refractivity contribution in [1.82, 2.24) is 10.6 Å². The summed E-state index contributed by atoms with van der Waals surface area (Å²) in [4.78, 5) is 34.4. The molecule has 6 heteroatoms. The van der Waals surface area contributed by atoms with E-state index in [0.29, 0.717) is 19.3 Å². The van der Waals surface area contributed by atoms with Gasteiger partial charge in [0.2, 0.25) is 17.7 Å². The fourth-order valence-corrected chi connectivity index (χ4v) is 2.39. The number of nitrogens with one attached hydrogen (secondary N) is 2. The molecule has 17 heavy (non-hydrogen) atoms. The number of hydrogen-bond donors (Lipinski definition) is 3. The van der Waals surface area contributed by atoms with Crippen LogP contribution in [0.2, 0.25) is 0 Å². The van der Waals surface area contributed by atoms with Crippen LogP contribution in [-0.4, -0.2) is 31.8 Å². The summed E-state index contributed by atoms with van der Waals surface area (Å²) >= 11 is 0. The lowest BCUT2D eigenvalue weighted by atomic mass is 9.74. The predicted molar refractivity (Wildman–Crippen MR) is 61.6 cm³/mol. The molecule has 6 nitrogen and oxygen atoms in total. The van der Waals surface area contributed by atoms with E-state index in [0.717, 1.165) is 0 Å². The van der Waals surface area contributed by atoms with Gasteiger partial charge in [-0.2, -0.15) is 0 Å². The highest BCUT2D eigenvalue weighted by atomic mass is 16.2. The van der Waals surface area contributed by atoms with Gasteiger partial charge in [-0.25, -0.2) is 0 Å². The van der Waals surface area contributed by atoms with Gasteiger partial charge >= 0.3 is 0 Å². The molecule has 3 amide bonds. The third-order valence-corrected chi connectivity index (χ3v) is 3.34. The fraction of sp³-hybridized carbons (Fsp3) is 0.727. The number of amides is 3. The van der Waals surface area contributed by atoms with Crippen LogP contribution in [0.1, 0.15) is 19.3 Å². The first-order chi connectivity index (χ1) is 7.99. The van der Waals surface area contributed by atoms with Crippen molar-refractivity contribution in [2.75, 3.05) is 14.1 Å². The smallest absolute Gasteiger partial charge is 0.222 e. The average molecular weight is 241 g/mol. The van der Waals surface area contributed by atoms with Crippen molar-refractivity contribution in [3.8, 4) is 0 Å². The Morgan fingerprint density at radius 1 is 0.882 bits per heavy atom. The van der Waals surface area contributed by atoms with Crippen molar-refractivity contribution < 1.29 is 14.4 Å². The van der Waals surface area contributed by atoms with Crippen molar-refractivity contribution in [3.05, 3.63) is 0 Å². The molecule has 0 spiro atoms. The molecule has 4 N–H and O–H groups in total. The Morgan fingerprint density at radius 3 is 1.53 bits per heavy atom. The number of nitrogens with two attached hydrogens (primary N) is 1. The first kappa shape index (κ1) is 13.5. The predicted octanol–water partition coefficient (Wildman–Crippen LogP) is -1.00. The maximum atomic E-state index is 11.6. The quantitative estimate of drug-likeness (QED) is 0.590. The van der Waals surface area contributed by atoms with Gasteiger partial charge in [0.15, 0.2) is 0 Å². The standard InChI is InChI=1S/C11H19N3O3/c1-13-10(16)7-3-6(9(12)15)4-8(5-7)11(17)14-2/h6-8H,3-5H2,1-2H3,(H2,12,15)(H,13,16)(H,14,17)/t6?,7-,8+. The highest BCUT2D eigenvalue weighted by Gasteiger charge is 2.37. The van der Waals surface area contributed by atoms with Crippen LogP contribution in [0.15, 0.2) is 0 Å². The molecule has 1 aliphatic carbocycles. The van der Waals surface area contributed by atoms with Gasteiger partial charge in [0.1, 0.15) is 0 Å². The average Bonchev–Trinajstić information content (AvgIpc) is 2.36. The summed E-state index contributed by atoms with van der Waals surface area (Å²) in [7, 11) is 3.09. The molecule has 0 aromatic carbocycles. The third-order valence-electron chi connectivity index (χ3n) is 3.34. The zero-order chi connectivity index (χ0) is 13.0.